The zero-order valence-electron chi connectivity index (χ0n) is 18.3. The van der Waals surface area contributed by atoms with Crippen molar-refractivity contribution in [1.82, 2.24) is 4.72 Å². The number of amides is 1. The summed E-state index contributed by atoms with van der Waals surface area (Å²) in [5, 5.41) is 0. The summed E-state index contributed by atoms with van der Waals surface area (Å²) in [7, 11) is -0.342. The van der Waals surface area contributed by atoms with E-state index in [9.17, 15) is 13.2 Å². The van der Waals surface area contributed by atoms with E-state index in [-0.39, 0.29) is 23.5 Å². The van der Waals surface area contributed by atoms with Gasteiger partial charge in [-0.15, -0.1) is 0 Å². The Morgan fingerprint density at radius 1 is 1.13 bits per heavy atom. The zero-order chi connectivity index (χ0) is 22.4. The van der Waals surface area contributed by atoms with E-state index in [1.165, 1.54) is 11.0 Å². The molecule has 0 atom stereocenters. The van der Waals surface area contributed by atoms with E-state index in [4.69, 9.17) is 9.47 Å². The number of benzene rings is 2. The lowest BCUT2D eigenvalue weighted by Crippen LogP contribution is -2.36. The van der Waals surface area contributed by atoms with Crippen molar-refractivity contribution in [2.24, 2.45) is 0 Å². The number of nitrogens with one attached hydrogen (secondary N) is 1. The first-order chi connectivity index (χ1) is 14.8. The number of sulfonamides is 1. The van der Waals surface area contributed by atoms with Gasteiger partial charge >= 0.3 is 0 Å². The van der Waals surface area contributed by atoms with Gasteiger partial charge in [-0.1, -0.05) is 25.3 Å². The summed E-state index contributed by atoms with van der Waals surface area (Å²) in [4.78, 5) is 14.2. The van der Waals surface area contributed by atoms with Gasteiger partial charge in [-0.3, -0.25) is 4.79 Å². The van der Waals surface area contributed by atoms with Crippen molar-refractivity contribution in [2.75, 3.05) is 25.7 Å². The molecule has 0 aliphatic heterocycles. The second-order valence-electron chi connectivity index (χ2n) is 7.83. The Morgan fingerprint density at radius 2 is 1.87 bits per heavy atom. The van der Waals surface area contributed by atoms with Crippen molar-refractivity contribution in [3.05, 3.63) is 48.0 Å². The SMILES string of the molecule is COc1cccc(N(C)C(=O)COc2ccc(S(=O)(=O)NC3CCCCC3)cc2C)c1. The first-order valence-corrected chi connectivity index (χ1v) is 11.9. The molecule has 0 aromatic heterocycles. The fourth-order valence-corrected chi connectivity index (χ4v) is 5.05. The second-order valence-corrected chi connectivity index (χ2v) is 9.54. The molecule has 2 aromatic carbocycles. The molecule has 1 aliphatic rings. The van der Waals surface area contributed by atoms with Crippen LogP contribution in [0.25, 0.3) is 0 Å². The second kappa shape index (κ2) is 10.2. The molecule has 0 spiro atoms. The molecule has 1 amide bonds. The molecule has 168 valence electrons. The largest absolute Gasteiger partial charge is 0.497 e. The molecule has 0 saturated heterocycles. The number of rotatable bonds is 8. The molecule has 1 saturated carbocycles. The Kier molecular flexibility index (Phi) is 7.56. The summed E-state index contributed by atoms with van der Waals surface area (Å²) in [6.07, 6.45) is 5.02. The van der Waals surface area contributed by atoms with Gasteiger partial charge in [-0.2, -0.15) is 0 Å². The van der Waals surface area contributed by atoms with Crippen LogP contribution in [-0.2, 0) is 14.8 Å². The molecular weight excluding hydrogens is 416 g/mol. The Balaban J connectivity index is 1.62. The van der Waals surface area contributed by atoms with Gasteiger partial charge in [-0.25, -0.2) is 13.1 Å². The Morgan fingerprint density at radius 3 is 2.55 bits per heavy atom. The maximum absolute atomic E-state index is 12.7. The number of methoxy groups -OCH3 is 1. The van der Waals surface area contributed by atoms with Gasteiger partial charge in [0, 0.05) is 24.8 Å². The summed E-state index contributed by atoms with van der Waals surface area (Å²) in [5.74, 6) is 0.903. The zero-order valence-corrected chi connectivity index (χ0v) is 19.1. The highest BCUT2D eigenvalue weighted by molar-refractivity contribution is 7.89. The van der Waals surface area contributed by atoms with Gasteiger partial charge in [0.2, 0.25) is 10.0 Å². The topological polar surface area (TPSA) is 84.9 Å². The molecule has 0 radical (unpaired) electrons. The van der Waals surface area contributed by atoms with Crippen LogP contribution in [-0.4, -0.2) is 41.1 Å². The van der Waals surface area contributed by atoms with Gasteiger partial charge in [0.05, 0.1) is 12.0 Å². The van der Waals surface area contributed by atoms with Crippen LogP contribution in [0, 0.1) is 6.92 Å². The molecule has 8 heteroatoms. The van der Waals surface area contributed by atoms with E-state index in [1.807, 2.05) is 12.1 Å². The molecule has 1 aliphatic carbocycles. The molecule has 0 unspecified atom stereocenters. The smallest absolute Gasteiger partial charge is 0.264 e. The van der Waals surface area contributed by atoms with Crippen molar-refractivity contribution in [3.63, 3.8) is 0 Å². The summed E-state index contributed by atoms with van der Waals surface area (Å²) in [6, 6.07) is 11.9. The van der Waals surface area contributed by atoms with Crippen LogP contribution in [0.2, 0.25) is 0 Å². The van der Waals surface area contributed by atoms with Crippen molar-refractivity contribution in [3.8, 4) is 11.5 Å². The normalized spacial score (nSPS) is 14.8. The van der Waals surface area contributed by atoms with Crippen molar-refractivity contribution in [2.45, 2.75) is 50.0 Å². The highest BCUT2D eigenvalue weighted by Crippen LogP contribution is 2.25. The molecule has 3 rings (SSSR count). The van der Waals surface area contributed by atoms with Crippen LogP contribution in [0.1, 0.15) is 37.7 Å². The predicted molar refractivity (Wildman–Crippen MR) is 120 cm³/mol. The van der Waals surface area contributed by atoms with E-state index in [1.54, 1.807) is 45.3 Å². The van der Waals surface area contributed by atoms with Gasteiger partial charge < -0.3 is 14.4 Å². The number of aryl methyl sites for hydroxylation is 1. The number of likely N-dealkylation sites (N-methyl/N-ethyl adjacent to an activating group) is 1. The van der Waals surface area contributed by atoms with Crippen LogP contribution in [0.15, 0.2) is 47.4 Å². The van der Waals surface area contributed by atoms with E-state index < -0.39 is 10.0 Å². The molecule has 0 bridgehead atoms. The fraction of sp³-hybridized carbons (Fsp3) is 0.435. The average molecular weight is 447 g/mol. The number of carbonyl (C=O) groups is 1. The van der Waals surface area contributed by atoms with Gasteiger partial charge in [0.1, 0.15) is 11.5 Å². The summed E-state index contributed by atoms with van der Waals surface area (Å²) in [6.45, 7) is 1.60. The number of nitrogens with zero attached hydrogens (tertiary/aromatic N) is 1. The third kappa shape index (κ3) is 5.98. The third-order valence-corrected chi connectivity index (χ3v) is 7.07. The first-order valence-electron chi connectivity index (χ1n) is 10.5. The fourth-order valence-electron chi connectivity index (χ4n) is 3.66. The number of anilines is 1. The Bertz CT molecular complexity index is 1020. The number of hydrogen-bond acceptors (Lipinski definition) is 5. The van der Waals surface area contributed by atoms with E-state index in [0.29, 0.717) is 22.7 Å². The molecule has 7 nitrogen and oxygen atoms in total. The minimum atomic E-state index is -3.58. The molecule has 1 N–H and O–H groups in total. The van der Waals surface area contributed by atoms with Gasteiger partial charge in [0.15, 0.2) is 6.61 Å². The quantitative estimate of drug-likeness (QED) is 0.669. The summed E-state index contributed by atoms with van der Waals surface area (Å²) >= 11 is 0. The molecule has 0 heterocycles. The summed E-state index contributed by atoms with van der Waals surface area (Å²) < 4.78 is 39.1. The minimum Gasteiger partial charge on any atom is -0.497 e. The van der Waals surface area contributed by atoms with Crippen LogP contribution in [0.3, 0.4) is 0 Å². The number of hydrogen-bond donors (Lipinski definition) is 1. The maximum Gasteiger partial charge on any atom is 0.264 e. The van der Waals surface area contributed by atoms with Crippen LogP contribution < -0.4 is 19.1 Å². The van der Waals surface area contributed by atoms with E-state index >= 15 is 0 Å². The Labute approximate surface area is 184 Å². The number of ether oxygens (including phenoxy) is 2. The maximum atomic E-state index is 12.7. The number of carbonyl (C=O) groups excluding carboxylic acids is 1. The molecular formula is C23H30N2O5S. The van der Waals surface area contributed by atoms with Crippen LogP contribution in [0.5, 0.6) is 11.5 Å². The van der Waals surface area contributed by atoms with Gasteiger partial charge in [-0.05, 0) is 55.7 Å². The third-order valence-electron chi connectivity index (χ3n) is 5.55. The lowest BCUT2D eigenvalue weighted by molar-refractivity contribution is -0.120. The lowest BCUT2D eigenvalue weighted by Gasteiger charge is -2.23. The molecule has 2 aromatic rings. The monoisotopic (exact) mass is 446 g/mol. The van der Waals surface area contributed by atoms with Crippen molar-refractivity contribution < 1.29 is 22.7 Å². The van der Waals surface area contributed by atoms with E-state index in [0.717, 1.165) is 32.1 Å². The van der Waals surface area contributed by atoms with Crippen molar-refractivity contribution >= 4 is 21.6 Å². The average Bonchev–Trinajstić information content (AvgIpc) is 2.77. The van der Waals surface area contributed by atoms with Crippen LogP contribution in [0.4, 0.5) is 5.69 Å². The molecule has 1 fully saturated rings. The first kappa shape index (κ1) is 23.1. The van der Waals surface area contributed by atoms with Crippen molar-refractivity contribution in [1.29, 1.82) is 0 Å². The lowest BCUT2D eigenvalue weighted by atomic mass is 9.96. The van der Waals surface area contributed by atoms with E-state index in [2.05, 4.69) is 4.72 Å². The van der Waals surface area contributed by atoms with Gasteiger partial charge in [0.25, 0.3) is 5.91 Å². The standard InChI is InChI=1S/C23H30N2O5S/c1-17-14-21(31(27,28)24-18-8-5-4-6-9-18)12-13-22(17)30-16-23(26)25(2)19-10-7-11-20(15-19)29-3/h7,10-15,18,24H,4-6,8-9,16H2,1-3H3. The minimum absolute atomic E-state index is 0.000230. The predicted octanol–water partition coefficient (Wildman–Crippen LogP) is 3.66. The highest BCUT2D eigenvalue weighted by atomic mass is 32.2. The van der Waals surface area contributed by atoms with Crippen LogP contribution >= 0.6 is 0 Å². The molecule has 31 heavy (non-hydrogen) atoms. The summed E-state index contributed by atoms with van der Waals surface area (Å²) in [5.41, 5.74) is 1.35. The highest BCUT2D eigenvalue weighted by Gasteiger charge is 2.22. The Hall–Kier alpha value is -2.58.